The first-order valence-corrected chi connectivity index (χ1v) is 5.75. The molecule has 2 nitrogen and oxygen atoms in total. The Hall–Kier alpha value is 0.430. The summed E-state index contributed by atoms with van der Waals surface area (Å²) in [6.07, 6.45) is 1.77. The summed E-state index contributed by atoms with van der Waals surface area (Å²) in [5.74, 6) is 0.301. The van der Waals surface area contributed by atoms with Crippen molar-refractivity contribution in [1.29, 1.82) is 0 Å². The highest BCUT2D eigenvalue weighted by Crippen LogP contribution is 2.13. The van der Waals surface area contributed by atoms with Crippen LogP contribution in [0.3, 0.4) is 0 Å². The minimum atomic E-state index is 0.301. The summed E-state index contributed by atoms with van der Waals surface area (Å²) in [4.78, 5) is 13.4. The van der Waals surface area contributed by atoms with Gasteiger partial charge in [0.15, 0.2) is 0 Å². The van der Waals surface area contributed by atoms with Gasteiger partial charge in [0.25, 0.3) is 0 Å². The van der Waals surface area contributed by atoms with Crippen molar-refractivity contribution in [2.45, 2.75) is 17.7 Å². The van der Waals surface area contributed by atoms with Gasteiger partial charge in [-0.25, -0.2) is 0 Å². The van der Waals surface area contributed by atoms with Crippen LogP contribution < -0.4 is 0 Å². The number of rotatable bonds is 3. The van der Waals surface area contributed by atoms with Gasteiger partial charge in [0.05, 0.1) is 0 Å². The Morgan fingerprint density at radius 3 is 2.82 bits per heavy atom. The van der Waals surface area contributed by atoms with E-state index in [4.69, 9.17) is 0 Å². The van der Waals surface area contributed by atoms with E-state index in [2.05, 4.69) is 31.9 Å². The second kappa shape index (κ2) is 4.45. The predicted molar refractivity (Wildman–Crippen MR) is 52.3 cm³/mol. The summed E-state index contributed by atoms with van der Waals surface area (Å²) in [5.41, 5.74) is 0. The van der Waals surface area contributed by atoms with E-state index >= 15 is 0 Å². The zero-order valence-electron chi connectivity index (χ0n) is 6.22. The number of halogens is 2. The number of carbonyl (C=O) groups is 1. The molecule has 4 heteroatoms. The number of likely N-dealkylation sites (tertiary alicyclic amines) is 1. The van der Waals surface area contributed by atoms with Gasteiger partial charge in [-0.05, 0) is 6.42 Å². The van der Waals surface area contributed by atoms with E-state index < -0.39 is 0 Å². The van der Waals surface area contributed by atoms with Gasteiger partial charge in [0.1, 0.15) is 0 Å². The molecule has 0 radical (unpaired) electrons. The third-order valence-corrected chi connectivity index (χ3v) is 4.02. The van der Waals surface area contributed by atoms with Crippen molar-refractivity contribution in [3.05, 3.63) is 0 Å². The summed E-state index contributed by atoms with van der Waals surface area (Å²) in [6.45, 7) is 1.78. The Kier molecular flexibility index (Phi) is 3.85. The molecule has 1 rings (SSSR count). The van der Waals surface area contributed by atoms with Crippen LogP contribution in [-0.2, 0) is 4.79 Å². The van der Waals surface area contributed by atoms with E-state index in [1.165, 1.54) is 0 Å². The highest BCUT2D eigenvalue weighted by Gasteiger charge is 2.21. The fourth-order valence-electron chi connectivity index (χ4n) is 1.18. The molecule has 1 aliphatic heterocycles. The lowest BCUT2D eigenvalue weighted by atomic mass is 10.4. The molecule has 1 saturated heterocycles. The monoisotopic (exact) mass is 283 g/mol. The third kappa shape index (κ3) is 2.75. The molecule has 0 unspecified atom stereocenters. The Balaban J connectivity index is 2.30. The van der Waals surface area contributed by atoms with Crippen molar-refractivity contribution in [2.24, 2.45) is 0 Å². The minimum Gasteiger partial charge on any atom is -0.342 e. The highest BCUT2D eigenvalue weighted by molar-refractivity contribution is 9.12. The average molecular weight is 285 g/mol. The highest BCUT2D eigenvalue weighted by atomic mass is 79.9. The van der Waals surface area contributed by atoms with Gasteiger partial charge in [0.2, 0.25) is 5.91 Å². The second-order valence-corrected chi connectivity index (χ2v) is 4.64. The third-order valence-electron chi connectivity index (χ3n) is 1.76. The van der Waals surface area contributed by atoms with Crippen molar-refractivity contribution >= 4 is 37.8 Å². The topological polar surface area (TPSA) is 20.3 Å². The van der Waals surface area contributed by atoms with Crippen LogP contribution in [-0.4, -0.2) is 34.1 Å². The first-order valence-electron chi connectivity index (χ1n) is 3.72. The molecule has 0 aromatic heterocycles. The van der Waals surface area contributed by atoms with Crippen LogP contribution >= 0.6 is 31.9 Å². The molecule has 64 valence electrons. The maximum atomic E-state index is 11.1. The fraction of sp³-hybridized carbons (Fsp3) is 0.857. The summed E-state index contributed by atoms with van der Waals surface area (Å²) in [7, 11) is 0. The molecule has 1 fully saturated rings. The Labute approximate surface area is 83.6 Å². The molecular weight excluding hydrogens is 274 g/mol. The largest absolute Gasteiger partial charge is 0.342 e. The maximum Gasteiger partial charge on any atom is 0.222 e. The van der Waals surface area contributed by atoms with Crippen molar-refractivity contribution < 1.29 is 4.79 Å². The number of carbonyl (C=O) groups excluding carboxylic acids is 1. The van der Waals surface area contributed by atoms with Crippen LogP contribution in [0, 0.1) is 0 Å². The summed E-state index contributed by atoms with van der Waals surface area (Å²) in [5, 5.41) is 0.900. The van der Waals surface area contributed by atoms with Gasteiger partial charge in [0, 0.05) is 29.7 Å². The van der Waals surface area contributed by atoms with Crippen molar-refractivity contribution in [1.82, 2.24) is 4.90 Å². The normalized spacial score (nSPS) is 20.9. The smallest absolute Gasteiger partial charge is 0.222 e. The van der Waals surface area contributed by atoms with Gasteiger partial charge < -0.3 is 4.90 Å². The summed E-state index contributed by atoms with van der Waals surface area (Å²) in [6, 6.07) is 0. The van der Waals surface area contributed by atoms with Crippen LogP contribution in [0.25, 0.3) is 0 Å². The van der Waals surface area contributed by atoms with Gasteiger partial charge in [-0.1, -0.05) is 31.9 Å². The standard InChI is InChI=1S/C7H11Br2NO/c8-4-6(9)5-10-3-1-2-7(10)11/h6H,1-5H2/t6-/m0/s1. The summed E-state index contributed by atoms with van der Waals surface area (Å²) >= 11 is 6.83. The molecule has 0 spiro atoms. The molecule has 0 aliphatic carbocycles. The van der Waals surface area contributed by atoms with Gasteiger partial charge in [-0.3, -0.25) is 4.79 Å². The minimum absolute atomic E-state index is 0.301. The number of amides is 1. The first kappa shape index (κ1) is 9.52. The van der Waals surface area contributed by atoms with E-state index in [1.54, 1.807) is 0 Å². The molecule has 1 heterocycles. The van der Waals surface area contributed by atoms with Crippen LogP contribution in [0.15, 0.2) is 0 Å². The van der Waals surface area contributed by atoms with Crippen LogP contribution in [0.4, 0.5) is 0 Å². The number of nitrogens with zero attached hydrogens (tertiary/aromatic N) is 1. The molecule has 11 heavy (non-hydrogen) atoms. The molecule has 1 atom stereocenters. The molecule has 1 amide bonds. The lowest BCUT2D eigenvalue weighted by Crippen LogP contribution is -2.31. The maximum absolute atomic E-state index is 11.1. The fourth-order valence-corrected chi connectivity index (χ4v) is 1.74. The predicted octanol–water partition coefficient (Wildman–Crippen LogP) is 1.77. The molecular formula is C7H11Br2NO. The molecule has 0 saturated carbocycles. The van der Waals surface area contributed by atoms with E-state index in [1.807, 2.05) is 4.90 Å². The van der Waals surface area contributed by atoms with Crippen LogP contribution in [0.5, 0.6) is 0 Å². The Bertz CT molecular complexity index is 151. The molecule has 1 aliphatic rings. The average Bonchev–Trinajstić information content (AvgIpc) is 2.37. The molecule has 0 aromatic rings. The number of hydrogen-bond acceptors (Lipinski definition) is 1. The van der Waals surface area contributed by atoms with Gasteiger partial charge in [-0.2, -0.15) is 0 Å². The zero-order chi connectivity index (χ0) is 8.27. The SMILES string of the molecule is O=C1CCCN1C[C@@H](Br)CBr. The van der Waals surface area contributed by atoms with Crippen LogP contribution in [0.2, 0.25) is 0 Å². The lowest BCUT2D eigenvalue weighted by Gasteiger charge is -2.17. The first-order chi connectivity index (χ1) is 5.24. The molecule has 0 aromatic carbocycles. The molecule has 0 bridgehead atoms. The molecule has 0 N–H and O–H groups in total. The van der Waals surface area contributed by atoms with Crippen LogP contribution in [0.1, 0.15) is 12.8 Å². The lowest BCUT2D eigenvalue weighted by molar-refractivity contribution is -0.127. The van der Waals surface area contributed by atoms with Crippen molar-refractivity contribution in [3.8, 4) is 0 Å². The van der Waals surface area contributed by atoms with Crippen molar-refractivity contribution in [3.63, 3.8) is 0 Å². The van der Waals surface area contributed by atoms with E-state index in [0.29, 0.717) is 10.7 Å². The van der Waals surface area contributed by atoms with Crippen molar-refractivity contribution in [2.75, 3.05) is 18.4 Å². The van der Waals surface area contributed by atoms with E-state index in [9.17, 15) is 4.79 Å². The van der Waals surface area contributed by atoms with Gasteiger partial charge >= 0.3 is 0 Å². The second-order valence-electron chi connectivity index (χ2n) is 2.69. The summed E-state index contributed by atoms with van der Waals surface area (Å²) < 4.78 is 0. The quantitative estimate of drug-likeness (QED) is 0.724. The van der Waals surface area contributed by atoms with E-state index in [-0.39, 0.29) is 0 Å². The number of hydrogen-bond donors (Lipinski definition) is 0. The Morgan fingerprint density at radius 1 is 1.64 bits per heavy atom. The Morgan fingerprint density at radius 2 is 2.36 bits per heavy atom. The number of alkyl halides is 2. The van der Waals surface area contributed by atoms with Gasteiger partial charge in [-0.15, -0.1) is 0 Å². The zero-order valence-corrected chi connectivity index (χ0v) is 9.40. The van der Waals surface area contributed by atoms with E-state index in [0.717, 1.165) is 31.3 Å².